The summed E-state index contributed by atoms with van der Waals surface area (Å²) >= 11 is 0. The molecule has 3 heteroatoms. The van der Waals surface area contributed by atoms with Crippen LogP contribution in [-0.4, -0.2) is 42.5 Å². The Morgan fingerprint density at radius 2 is 2.00 bits per heavy atom. The van der Waals surface area contributed by atoms with Crippen LogP contribution in [0.3, 0.4) is 0 Å². The number of hydrogen-bond donors (Lipinski definition) is 1. The molecule has 0 bridgehead atoms. The van der Waals surface area contributed by atoms with Crippen molar-refractivity contribution in [1.29, 1.82) is 0 Å². The highest BCUT2D eigenvalue weighted by molar-refractivity contribution is 5.24. The number of rotatable bonds is 4. The second-order valence-electron chi connectivity index (χ2n) is 5.04. The van der Waals surface area contributed by atoms with Crippen LogP contribution in [0.1, 0.15) is 40.5 Å². The Labute approximate surface area is 94.0 Å². The third-order valence-electron chi connectivity index (χ3n) is 3.06. The van der Waals surface area contributed by atoms with E-state index in [1.165, 1.54) is 6.42 Å². The minimum atomic E-state index is 0.301. The van der Waals surface area contributed by atoms with E-state index in [0.29, 0.717) is 24.3 Å². The maximum Gasteiger partial charge on any atom is 0.103 e. The number of hydrogen-bond acceptors (Lipinski definition) is 3. The summed E-state index contributed by atoms with van der Waals surface area (Å²) in [7, 11) is 0. The zero-order valence-corrected chi connectivity index (χ0v) is 10.5. The summed E-state index contributed by atoms with van der Waals surface area (Å²) in [5, 5.41) is 3.59. The van der Waals surface area contributed by atoms with Crippen LogP contribution in [0.2, 0.25) is 0 Å². The van der Waals surface area contributed by atoms with Crippen molar-refractivity contribution in [1.82, 2.24) is 10.2 Å². The highest BCUT2D eigenvalue weighted by atomic mass is 15.3. The molecule has 0 aromatic heterocycles. The van der Waals surface area contributed by atoms with Crippen molar-refractivity contribution >= 4 is 6.72 Å². The van der Waals surface area contributed by atoms with E-state index in [-0.39, 0.29) is 0 Å². The second kappa shape index (κ2) is 5.61. The molecule has 0 amide bonds. The molecule has 15 heavy (non-hydrogen) atoms. The van der Waals surface area contributed by atoms with Gasteiger partial charge in [-0.05, 0) is 33.4 Å². The number of nitrogens with one attached hydrogen (secondary N) is 1. The van der Waals surface area contributed by atoms with Gasteiger partial charge in [-0.15, -0.1) is 0 Å². The lowest BCUT2D eigenvalue weighted by Crippen LogP contribution is -2.51. The minimum Gasteiger partial charge on any atom is -0.312 e. The highest BCUT2D eigenvalue weighted by Crippen LogP contribution is 2.20. The molecule has 3 nitrogen and oxygen atoms in total. The van der Waals surface area contributed by atoms with Crippen molar-refractivity contribution in [3.63, 3.8) is 0 Å². The van der Waals surface area contributed by atoms with Gasteiger partial charge in [0.05, 0.1) is 0 Å². The molecule has 0 aromatic rings. The van der Waals surface area contributed by atoms with Gasteiger partial charge in [0.15, 0.2) is 0 Å². The number of piperidine rings is 1. The lowest BCUT2D eigenvalue weighted by molar-refractivity contribution is 0.0963. The minimum absolute atomic E-state index is 0.301. The molecule has 1 heterocycles. The Morgan fingerprint density at radius 1 is 1.33 bits per heavy atom. The van der Waals surface area contributed by atoms with Crippen LogP contribution in [0.15, 0.2) is 4.99 Å². The summed E-state index contributed by atoms with van der Waals surface area (Å²) in [5.74, 6) is 0. The largest absolute Gasteiger partial charge is 0.312 e. The van der Waals surface area contributed by atoms with Crippen LogP contribution in [0.4, 0.5) is 0 Å². The summed E-state index contributed by atoms with van der Waals surface area (Å²) in [4.78, 5) is 6.68. The van der Waals surface area contributed by atoms with Crippen molar-refractivity contribution < 1.29 is 0 Å². The Kier molecular flexibility index (Phi) is 4.74. The van der Waals surface area contributed by atoms with E-state index >= 15 is 0 Å². The summed E-state index contributed by atoms with van der Waals surface area (Å²) in [6, 6.07) is 1.74. The monoisotopic (exact) mass is 211 g/mol. The lowest BCUT2D eigenvalue weighted by atomic mass is 10.00. The van der Waals surface area contributed by atoms with Crippen LogP contribution in [0.5, 0.6) is 0 Å². The van der Waals surface area contributed by atoms with Gasteiger partial charge in [0, 0.05) is 24.7 Å². The van der Waals surface area contributed by atoms with E-state index in [1.807, 2.05) is 0 Å². The van der Waals surface area contributed by atoms with Gasteiger partial charge in [-0.25, -0.2) is 0 Å². The van der Waals surface area contributed by atoms with Crippen LogP contribution >= 0.6 is 0 Å². The fourth-order valence-electron chi connectivity index (χ4n) is 2.37. The summed E-state index contributed by atoms with van der Waals surface area (Å²) in [6.45, 7) is 13.7. The molecule has 0 aromatic carbocycles. The summed E-state index contributed by atoms with van der Waals surface area (Å²) in [5.41, 5.74) is 0. The normalized spacial score (nSPS) is 28.7. The van der Waals surface area contributed by atoms with Crippen molar-refractivity contribution in [2.45, 2.75) is 64.8 Å². The van der Waals surface area contributed by atoms with E-state index in [4.69, 9.17) is 0 Å². The fraction of sp³-hybridized carbons (Fsp3) is 0.917. The van der Waals surface area contributed by atoms with Gasteiger partial charge in [-0.1, -0.05) is 13.8 Å². The van der Waals surface area contributed by atoms with Gasteiger partial charge in [-0.3, -0.25) is 9.89 Å². The second-order valence-corrected chi connectivity index (χ2v) is 5.04. The average molecular weight is 211 g/mol. The molecule has 1 N–H and O–H groups in total. The topological polar surface area (TPSA) is 27.6 Å². The number of aliphatic imine (C=N–C) groups is 1. The molecular formula is C12H25N3. The third-order valence-corrected chi connectivity index (χ3v) is 3.06. The fourth-order valence-corrected chi connectivity index (χ4v) is 2.37. The standard InChI is InChI=1S/C12H25N3/c1-9(2)14-11-6-7-15(10(3)4)12(8-11)13-5/h9-12,14H,5-8H2,1-4H3. The Morgan fingerprint density at radius 3 is 2.47 bits per heavy atom. The first-order valence-electron chi connectivity index (χ1n) is 6.02. The molecular weight excluding hydrogens is 186 g/mol. The zero-order valence-electron chi connectivity index (χ0n) is 10.5. The van der Waals surface area contributed by atoms with Gasteiger partial charge in [0.1, 0.15) is 6.17 Å². The molecule has 1 rings (SSSR count). The Bertz CT molecular complexity index is 201. The van der Waals surface area contributed by atoms with E-state index in [1.54, 1.807) is 0 Å². The smallest absolute Gasteiger partial charge is 0.103 e. The van der Waals surface area contributed by atoms with E-state index in [2.05, 4.69) is 49.6 Å². The van der Waals surface area contributed by atoms with Gasteiger partial charge in [0.25, 0.3) is 0 Å². The molecule has 0 spiro atoms. The zero-order chi connectivity index (χ0) is 11.4. The SMILES string of the molecule is C=NC1CC(NC(C)C)CCN1C(C)C. The molecule has 1 saturated heterocycles. The maximum atomic E-state index is 4.24. The van der Waals surface area contributed by atoms with Crippen molar-refractivity contribution in [3.05, 3.63) is 0 Å². The number of nitrogens with zero attached hydrogens (tertiary/aromatic N) is 2. The van der Waals surface area contributed by atoms with Crippen LogP contribution in [0.25, 0.3) is 0 Å². The van der Waals surface area contributed by atoms with E-state index in [0.717, 1.165) is 13.0 Å². The van der Waals surface area contributed by atoms with E-state index < -0.39 is 0 Å². The number of likely N-dealkylation sites (tertiary alicyclic amines) is 1. The molecule has 1 fully saturated rings. The molecule has 0 radical (unpaired) electrons. The van der Waals surface area contributed by atoms with Gasteiger partial charge < -0.3 is 5.32 Å². The molecule has 2 unspecified atom stereocenters. The molecule has 0 aliphatic carbocycles. The summed E-state index contributed by atoms with van der Waals surface area (Å²) in [6.07, 6.45) is 2.62. The van der Waals surface area contributed by atoms with Crippen LogP contribution in [-0.2, 0) is 0 Å². The Hall–Kier alpha value is -0.410. The Balaban J connectivity index is 2.51. The molecule has 2 atom stereocenters. The lowest BCUT2D eigenvalue weighted by Gasteiger charge is -2.40. The third kappa shape index (κ3) is 3.58. The quantitative estimate of drug-likeness (QED) is 0.719. The average Bonchev–Trinajstić information content (AvgIpc) is 2.16. The molecule has 88 valence electrons. The predicted molar refractivity (Wildman–Crippen MR) is 66.5 cm³/mol. The first-order chi connectivity index (χ1) is 7.04. The predicted octanol–water partition coefficient (Wildman–Crippen LogP) is 1.88. The first kappa shape index (κ1) is 12.7. The molecule has 1 aliphatic rings. The molecule has 1 aliphatic heterocycles. The first-order valence-corrected chi connectivity index (χ1v) is 6.02. The summed E-state index contributed by atoms with van der Waals surface area (Å²) < 4.78 is 0. The van der Waals surface area contributed by atoms with Gasteiger partial charge >= 0.3 is 0 Å². The van der Waals surface area contributed by atoms with Crippen LogP contribution < -0.4 is 5.32 Å². The van der Waals surface area contributed by atoms with Crippen LogP contribution in [0, 0.1) is 0 Å². The van der Waals surface area contributed by atoms with E-state index in [9.17, 15) is 0 Å². The van der Waals surface area contributed by atoms with Crippen molar-refractivity contribution in [2.24, 2.45) is 4.99 Å². The van der Waals surface area contributed by atoms with Gasteiger partial charge in [-0.2, -0.15) is 0 Å². The highest BCUT2D eigenvalue weighted by Gasteiger charge is 2.28. The van der Waals surface area contributed by atoms with Crippen molar-refractivity contribution in [2.75, 3.05) is 6.54 Å². The van der Waals surface area contributed by atoms with Crippen molar-refractivity contribution in [3.8, 4) is 0 Å². The maximum absolute atomic E-state index is 4.24. The molecule has 0 saturated carbocycles. The van der Waals surface area contributed by atoms with Gasteiger partial charge in [0.2, 0.25) is 0 Å².